The third-order valence-corrected chi connectivity index (χ3v) is 2.68. The summed E-state index contributed by atoms with van der Waals surface area (Å²) < 4.78 is 0. The molecule has 1 unspecified atom stereocenters. The van der Waals surface area contributed by atoms with Crippen molar-refractivity contribution in [3.05, 3.63) is 0 Å². The van der Waals surface area contributed by atoms with Crippen LogP contribution in [0.5, 0.6) is 0 Å². The molecule has 0 aromatic carbocycles. The zero-order valence-electron chi connectivity index (χ0n) is 10.3. The Hall–Kier alpha value is -0.810. The normalized spacial score (nSPS) is 17.3. The van der Waals surface area contributed by atoms with Gasteiger partial charge in [0.2, 0.25) is 11.8 Å². The van der Waals surface area contributed by atoms with E-state index in [2.05, 4.69) is 5.32 Å². The van der Waals surface area contributed by atoms with Crippen molar-refractivity contribution in [2.75, 3.05) is 19.6 Å². The topological polar surface area (TPSA) is 75.4 Å². The van der Waals surface area contributed by atoms with Crippen molar-refractivity contribution in [2.45, 2.75) is 38.6 Å². The lowest BCUT2D eigenvalue weighted by molar-refractivity contribution is -0.137. The first-order chi connectivity index (χ1) is 7.59. The minimum atomic E-state index is -0.0871. The van der Waals surface area contributed by atoms with E-state index in [0.717, 1.165) is 19.3 Å². The third kappa shape index (κ3) is 6.48. The van der Waals surface area contributed by atoms with Gasteiger partial charge in [-0.25, -0.2) is 0 Å². The van der Waals surface area contributed by atoms with E-state index >= 15 is 0 Å². The Balaban J connectivity index is 0.00000256. The Bertz CT molecular complexity index is 259. The quantitative estimate of drug-likeness (QED) is 0.748. The molecule has 2 amide bonds. The van der Waals surface area contributed by atoms with E-state index in [1.165, 1.54) is 0 Å². The molecule has 0 spiro atoms. The summed E-state index contributed by atoms with van der Waals surface area (Å²) in [6, 6.07) is 0.0944. The van der Waals surface area contributed by atoms with E-state index in [9.17, 15) is 9.59 Å². The van der Waals surface area contributed by atoms with Gasteiger partial charge in [-0.2, -0.15) is 0 Å². The smallest absolute Gasteiger partial charge is 0.239 e. The molecular weight excluding hydrogens is 242 g/mol. The Labute approximate surface area is 109 Å². The number of nitrogens with two attached hydrogens (primary N) is 1. The van der Waals surface area contributed by atoms with Gasteiger partial charge in [0, 0.05) is 25.6 Å². The van der Waals surface area contributed by atoms with Gasteiger partial charge < -0.3 is 16.0 Å². The van der Waals surface area contributed by atoms with Gasteiger partial charge in [-0.15, -0.1) is 12.4 Å². The number of piperidine rings is 1. The molecule has 1 rings (SSSR count). The van der Waals surface area contributed by atoms with E-state index in [1.54, 1.807) is 4.90 Å². The summed E-state index contributed by atoms with van der Waals surface area (Å²) in [5.41, 5.74) is 5.57. The van der Waals surface area contributed by atoms with E-state index in [0.29, 0.717) is 19.5 Å². The predicted octanol–water partition coefficient (Wildman–Crippen LogP) is 0.274. The van der Waals surface area contributed by atoms with E-state index < -0.39 is 0 Å². The fourth-order valence-electron chi connectivity index (χ4n) is 1.70. The summed E-state index contributed by atoms with van der Waals surface area (Å²) in [6.07, 6.45) is 3.29. The second-order valence-electron chi connectivity index (χ2n) is 4.39. The molecule has 0 aromatic rings. The molecule has 0 bridgehead atoms. The van der Waals surface area contributed by atoms with Crippen LogP contribution in [0.1, 0.15) is 32.6 Å². The molecule has 0 aliphatic carbocycles. The van der Waals surface area contributed by atoms with Gasteiger partial charge in [0.25, 0.3) is 0 Å². The summed E-state index contributed by atoms with van der Waals surface area (Å²) in [4.78, 5) is 24.6. The summed E-state index contributed by atoms with van der Waals surface area (Å²) in [5, 5.41) is 2.77. The van der Waals surface area contributed by atoms with Crippen LogP contribution < -0.4 is 11.1 Å². The van der Waals surface area contributed by atoms with Crippen LogP contribution in [-0.4, -0.2) is 42.4 Å². The number of hydrogen-bond donors (Lipinski definition) is 2. The van der Waals surface area contributed by atoms with Gasteiger partial charge >= 0.3 is 0 Å². The van der Waals surface area contributed by atoms with Crippen molar-refractivity contribution in [2.24, 2.45) is 5.73 Å². The van der Waals surface area contributed by atoms with Crippen molar-refractivity contribution in [3.63, 3.8) is 0 Å². The van der Waals surface area contributed by atoms with Crippen LogP contribution in [0.4, 0.5) is 0 Å². The number of amides is 2. The lowest BCUT2D eigenvalue weighted by atomic mass is 10.1. The van der Waals surface area contributed by atoms with Crippen molar-refractivity contribution in [3.8, 4) is 0 Å². The van der Waals surface area contributed by atoms with Crippen LogP contribution in [0.3, 0.4) is 0 Å². The number of carbonyl (C=O) groups is 2. The maximum Gasteiger partial charge on any atom is 0.239 e. The summed E-state index contributed by atoms with van der Waals surface area (Å²) in [5.74, 6) is 0.00416. The number of nitrogens with zero attached hydrogens (tertiary/aromatic N) is 1. The van der Waals surface area contributed by atoms with Gasteiger partial charge in [0.05, 0.1) is 6.54 Å². The minimum absolute atomic E-state index is 0. The summed E-state index contributed by atoms with van der Waals surface area (Å²) >= 11 is 0. The van der Waals surface area contributed by atoms with Crippen LogP contribution in [0.2, 0.25) is 0 Å². The largest absolute Gasteiger partial charge is 0.355 e. The number of nitrogens with one attached hydrogen (secondary N) is 1. The van der Waals surface area contributed by atoms with Gasteiger partial charge in [0.15, 0.2) is 0 Å². The third-order valence-electron chi connectivity index (χ3n) is 2.68. The molecule has 0 saturated carbocycles. The van der Waals surface area contributed by atoms with E-state index in [-0.39, 0.29) is 36.8 Å². The summed E-state index contributed by atoms with van der Waals surface area (Å²) in [6.45, 7) is 3.39. The van der Waals surface area contributed by atoms with E-state index in [1.807, 2.05) is 6.92 Å². The highest BCUT2D eigenvalue weighted by molar-refractivity contribution is 5.85. The van der Waals surface area contributed by atoms with E-state index in [4.69, 9.17) is 5.73 Å². The van der Waals surface area contributed by atoms with Gasteiger partial charge in [0.1, 0.15) is 0 Å². The molecule has 0 aromatic heterocycles. The van der Waals surface area contributed by atoms with Gasteiger partial charge in [-0.3, -0.25) is 9.59 Å². The average Bonchev–Trinajstić information content (AvgIpc) is 2.21. The molecule has 0 radical (unpaired) electrons. The Morgan fingerprint density at radius 2 is 2.24 bits per heavy atom. The van der Waals surface area contributed by atoms with Crippen LogP contribution >= 0.6 is 12.4 Å². The Morgan fingerprint density at radius 1 is 1.53 bits per heavy atom. The SMILES string of the molecule is CC(N)CCNC(=O)CN1CCCCC1=O.Cl. The minimum Gasteiger partial charge on any atom is -0.355 e. The number of carbonyl (C=O) groups excluding carboxylic acids is 2. The van der Waals surface area contributed by atoms with Crippen LogP contribution in [-0.2, 0) is 9.59 Å². The molecule has 1 atom stereocenters. The highest BCUT2D eigenvalue weighted by atomic mass is 35.5. The van der Waals surface area contributed by atoms with Gasteiger partial charge in [-0.05, 0) is 26.2 Å². The average molecular weight is 264 g/mol. The fraction of sp³-hybridized carbons (Fsp3) is 0.818. The maximum atomic E-state index is 11.5. The molecule has 3 N–H and O–H groups in total. The molecule has 1 aliphatic rings. The molecule has 1 fully saturated rings. The molecule has 5 nitrogen and oxygen atoms in total. The van der Waals surface area contributed by atoms with Crippen molar-refractivity contribution in [1.82, 2.24) is 10.2 Å². The second kappa shape index (κ2) is 8.31. The van der Waals surface area contributed by atoms with Crippen LogP contribution in [0.15, 0.2) is 0 Å². The first-order valence-corrected chi connectivity index (χ1v) is 5.89. The van der Waals surface area contributed by atoms with Crippen LogP contribution in [0, 0.1) is 0 Å². The number of rotatable bonds is 5. The van der Waals surface area contributed by atoms with Crippen molar-refractivity contribution >= 4 is 24.2 Å². The number of hydrogen-bond acceptors (Lipinski definition) is 3. The zero-order valence-corrected chi connectivity index (χ0v) is 11.1. The maximum absolute atomic E-state index is 11.5. The monoisotopic (exact) mass is 263 g/mol. The van der Waals surface area contributed by atoms with Crippen molar-refractivity contribution < 1.29 is 9.59 Å². The molecule has 1 saturated heterocycles. The molecule has 17 heavy (non-hydrogen) atoms. The second-order valence-corrected chi connectivity index (χ2v) is 4.39. The molecule has 1 heterocycles. The highest BCUT2D eigenvalue weighted by Gasteiger charge is 2.19. The Morgan fingerprint density at radius 3 is 2.82 bits per heavy atom. The standard InChI is InChI=1S/C11H21N3O2.ClH/c1-9(12)5-6-13-10(15)8-14-7-3-2-4-11(14)16;/h9H,2-8,12H2,1H3,(H,13,15);1H. The van der Waals surface area contributed by atoms with Crippen molar-refractivity contribution in [1.29, 1.82) is 0 Å². The Kier molecular flexibility index (Phi) is 7.91. The first-order valence-electron chi connectivity index (χ1n) is 5.89. The van der Waals surface area contributed by atoms with Crippen LogP contribution in [0.25, 0.3) is 0 Å². The first kappa shape index (κ1) is 16.2. The van der Waals surface area contributed by atoms with Gasteiger partial charge in [-0.1, -0.05) is 0 Å². The zero-order chi connectivity index (χ0) is 12.0. The molecule has 100 valence electrons. The molecular formula is C11H22ClN3O2. The number of likely N-dealkylation sites (tertiary alicyclic amines) is 1. The fourth-order valence-corrected chi connectivity index (χ4v) is 1.70. The number of halogens is 1. The molecule has 6 heteroatoms. The highest BCUT2D eigenvalue weighted by Crippen LogP contribution is 2.09. The summed E-state index contributed by atoms with van der Waals surface area (Å²) in [7, 11) is 0. The predicted molar refractivity (Wildman–Crippen MR) is 69.0 cm³/mol. The molecule has 1 aliphatic heterocycles. The lowest BCUT2D eigenvalue weighted by Crippen LogP contribution is -2.43. The lowest BCUT2D eigenvalue weighted by Gasteiger charge is -2.26.